The summed E-state index contributed by atoms with van der Waals surface area (Å²) >= 11 is 0. The second kappa shape index (κ2) is 10.1. The van der Waals surface area contributed by atoms with Crippen LogP contribution in [0.5, 0.6) is 5.75 Å². The highest BCUT2D eigenvalue weighted by Crippen LogP contribution is 2.31. The highest BCUT2D eigenvalue weighted by atomic mass is 16.6. The molecule has 0 aromatic heterocycles. The molecule has 0 radical (unpaired) electrons. The first-order valence-electron chi connectivity index (χ1n) is 10.4. The first kappa shape index (κ1) is 22.2. The SMILES string of the molecule is N#CC(=Cc1c(OCc2ccccc2)ccc2ccccc12)C(=O)Nc1ccccc1[N+](=O)[O-]. The number of fused-ring (bicyclic) bond motifs is 1. The third kappa shape index (κ3) is 4.92. The lowest BCUT2D eigenvalue weighted by Crippen LogP contribution is -2.14. The fourth-order valence-corrected chi connectivity index (χ4v) is 3.51. The minimum absolute atomic E-state index is 0.0112. The fraction of sp³-hybridized carbons (Fsp3) is 0.0370. The van der Waals surface area contributed by atoms with Crippen LogP contribution in [0.25, 0.3) is 16.8 Å². The minimum Gasteiger partial charge on any atom is -0.488 e. The van der Waals surface area contributed by atoms with Crippen LogP contribution in [-0.4, -0.2) is 10.8 Å². The number of rotatable bonds is 7. The number of nitrogens with one attached hydrogen (secondary N) is 1. The van der Waals surface area contributed by atoms with Gasteiger partial charge < -0.3 is 10.1 Å². The van der Waals surface area contributed by atoms with Crippen LogP contribution < -0.4 is 10.1 Å². The van der Waals surface area contributed by atoms with Crippen LogP contribution in [0.3, 0.4) is 0 Å². The van der Waals surface area contributed by atoms with E-state index < -0.39 is 10.8 Å². The average molecular weight is 449 g/mol. The molecule has 0 fully saturated rings. The Morgan fingerprint density at radius 1 is 0.971 bits per heavy atom. The van der Waals surface area contributed by atoms with Gasteiger partial charge in [0.05, 0.1) is 4.92 Å². The topological polar surface area (TPSA) is 105 Å². The van der Waals surface area contributed by atoms with E-state index in [1.165, 1.54) is 24.3 Å². The molecule has 0 unspecified atom stereocenters. The predicted octanol–water partition coefficient (Wildman–Crippen LogP) is 5.87. The first-order chi connectivity index (χ1) is 16.6. The molecule has 0 atom stereocenters. The van der Waals surface area contributed by atoms with Crippen LogP contribution in [0.4, 0.5) is 11.4 Å². The lowest BCUT2D eigenvalue weighted by molar-refractivity contribution is -0.383. The van der Waals surface area contributed by atoms with Gasteiger partial charge in [0.1, 0.15) is 29.7 Å². The second-order valence-electron chi connectivity index (χ2n) is 7.37. The van der Waals surface area contributed by atoms with Gasteiger partial charge in [-0.05, 0) is 34.5 Å². The minimum atomic E-state index is -0.751. The molecule has 7 nitrogen and oxygen atoms in total. The smallest absolute Gasteiger partial charge is 0.292 e. The van der Waals surface area contributed by atoms with Crippen molar-refractivity contribution in [1.29, 1.82) is 5.26 Å². The maximum Gasteiger partial charge on any atom is 0.292 e. The van der Waals surface area contributed by atoms with Crippen molar-refractivity contribution in [2.75, 3.05) is 5.32 Å². The Hall–Kier alpha value is -4.96. The average Bonchev–Trinajstić information content (AvgIpc) is 2.87. The number of ether oxygens (including phenoxy) is 1. The number of nitro benzene ring substituents is 1. The second-order valence-corrected chi connectivity index (χ2v) is 7.37. The van der Waals surface area contributed by atoms with E-state index in [0.29, 0.717) is 17.9 Å². The molecule has 0 aliphatic rings. The normalized spacial score (nSPS) is 11.0. The van der Waals surface area contributed by atoms with Crippen molar-refractivity contribution in [3.63, 3.8) is 0 Å². The highest BCUT2D eigenvalue weighted by Gasteiger charge is 2.18. The molecule has 0 saturated heterocycles. The number of hydrogen-bond acceptors (Lipinski definition) is 5. The van der Waals surface area contributed by atoms with Crippen LogP contribution in [-0.2, 0) is 11.4 Å². The van der Waals surface area contributed by atoms with Crippen LogP contribution in [0.1, 0.15) is 11.1 Å². The quantitative estimate of drug-likeness (QED) is 0.164. The molecule has 0 saturated carbocycles. The maximum absolute atomic E-state index is 12.9. The van der Waals surface area contributed by atoms with E-state index in [9.17, 15) is 20.2 Å². The molecule has 34 heavy (non-hydrogen) atoms. The summed E-state index contributed by atoms with van der Waals surface area (Å²) in [7, 11) is 0. The van der Waals surface area contributed by atoms with Gasteiger partial charge in [-0.1, -0.05) is 72.8 Å². The summed E-state index contributed by atoms with van der Waals surface area (Å²) in [5, 5.41) is 25.2. The molecule has 4 aromatic rings. The van der Waals surface area contributed by atoms with Crippen molar-refractivity contribution in [3.8, 4) is 11.8 Å². The fourth-order valence-electron chi connectivity index (χ4n) is 3.51. The van der Waals surface area contributed by atoms with Gasteiger partial charge in [0.2, 0.25) is 0 Å². The number of anilines is 1. The van der Waals surface area contributed by atoms with Crippen molar-refractivity contribution >= 4 is 34.1 Å². The Labute approximate surface area is 195 Å². The number of benzene rings is 4. The van der Waals surface area contributed by atoms with Crippen molar-refractivity contribution < 1.29 is 14.5 Å². The van der Waals surface area contributed by atoms with Crippen LogP contribution >= 0.6 is 0 Å². The largest absolute Gasteiger partial charge is 0.488 e. The van der Waals surface area contributed by atoms with E-state index in [0.717, 1.165) is 16.3 Å². The molecule has 0 bridgehead atoms. The summed E-state index contributed by atoms with van der Waals surface area (Å²) in [6.45, 7) is 0.310. The van der Waals surface area contributed by atoms with Crippen molar-refractivity contribution in [2.24, 2.45) is 0 Å². The van der Waals surface area contributed by atoms with Gasteiger partial charge in [0.15, 0.2) is 0 Å². The molecule has 1 amide bonds. The maximum atomic E-state index is 12.9. The standard InChI is InChI=1S/C27H19N3O4/c28-17-21(27(31)29-24-12-6-7-13-25(24)30(32)33)16-23-22-11-5-4-10-20(22)14-15-26(23)34-18-19-8-2-1-3-9-19/h1-16H,18H2,(H,29,31). The molecule has 0 spiro atoms. The number of amides is 1. The van der Waals surface area contributed by atoms with E-state index in [1.54, 1.807) is 12.1 Å². The third-order valence-corrected chi connectivity index (χ3v) is 5.17. The van der Waals surface area contributed by atoms with Crippen molar-refractivity contribution in [3.05, 3.63) is 118 Å². The van der Waals surface area contributed by atoms with Gasteiger partial charge in [-0.25, -0.2) is 0 Å². The van der Waals surface area contributed by atoms with E-state index in [4.69, 9.17) is 4.74 Å². The lowest BCUT2D eigenvalue weighted by Gasteiger charge is -2.13. The Kier molecular flexibility index (Phi) is 6.61. The molecule has 4 aromatic carbocycles. The van der Waals surface area contributed by atoms with Crippen molar-refractivity contribution in [1.82, 2.24) is 0 Å². The van der Waals surface area contributed by atoms with Gasteiger partial charge in [-0.15, -0.1) is 0 Å². The van der Waals surface area contributed by atoms with Gasteiger partial charge in [-0.3, -0.25) is 14.9 Å². The number of nitrogens with zero attached hydrogens (tertiary/aromatic N) is 2. The molecule has 166 valence electrons. The summed E-state index contributed by atoms with van der Waals surface area (Å²) < 4.78 is 6.05. The number of hydrogen-bond donors (Lipinski definition) is 1. The molecule has 4 rings (SSSR count). The van der Waals surface area contributed by atoms with E-state index in [1.807, 2.05) is 66.7 Å². The summed E-state index contributed by atoms with van der Waals surface area (Å²) in [6, 6.07) is 28.6. The Morgan fingerprint density at radius 2 is 1.68 bits per heavy atom. The molecular formula is C27H19N3O4. The van der Waals surface area contributed by atoms with E-state index in [-0.39, 0.29) is 16.9 Å². The number of carbonyl (C=O) groups is 1. The zero-order chi connectivity index (χ0) is 23.9. The van der Waals surface area contributed by atoms with Crippen LogP contribution in [0, 0.1) is 21.4 Å². The van der Waals surface area contributed by atoms with Gasteiger partial charge in [-0.2, -0.15) is 5.26 Å². The third-order valence-electron chi connectivity index (χ3n) is 5.17. The first-order valence-corrected chi connectivity index (χ1v) is 10.4. The Balaban J connectivity index is 1.72. The zero-order valence-corrected chi connectivity index (χ0v) is 18.0. The zero-order valence-electron chi connectivity index (χ0n) is 18.0. The summed E-state index contributed by atoms with van der Waals surface area (Å²) in [5.41, 5.74) is 1.09. The molecule has 0 heterocycles. The highest BCUT2D eigenvalue weighted by molar-refractivity contribution is 6.12. The molecule has 0 aliphatic carbocycles. The lowest BCUT2D eigenvalue weighted by atomic mass is 10.0. The van der Waals surface area contributed by atoms with Crippen LogP contribution in [0.2, 0.25) is 0 Å². The number of para-hydroxylation sites is 2. The number of nitro groups is 1. The number of carbonyl (C=O) groups excluding carboxylic acids is 1. The summed E-state index contributed by atoms with van der Waals surface area (Å²) in [4.78, 5) is 23.6. The Morgan fingerprint density at radius 3 is 2.44 bits per heavy atom. The summed E-state index contributed by atoms with van der Waals surface area (Å²) in [5.74, 6) is -0.243. The summed E-state index contributed by atoms with van der Waals surface area (Å²) in [6.07, 6.45) is 1.45. The molecule has 0 aliphatic heterocycles. The molecule has 1 N–H and O–H groups in total. The van der Waals surface area contributed by atoms with E-state index >= 15 is 0 Å². The number of nitriles is 1. The van der Waals surface area contributed by atoms with Gasteiger partial charge in [0.25, 0.3) is 11.6 Å². The van der Waals surface area contributed by atoms with Crippen LogP contribution in [0.15, 0.2) is 96.6 Å². The van der Waals surface area contributed by atoms with Gasteiger partial charge in [0, 0.05) is 11.6 Å². The monoisotopic (exact) mass is 449 g/mol. The molecule has 7 heteroatoms. The Bertz CT molecular complexity index is 1440. The van der Waals surface area contributed by atoms with Crippen molar-refractivity contribution in [2.45, 2.75) is 6.61 Å². The molecular weight excluding hydrogens is 430 g/mol. The predicted molar refractivity (Wildman–Crippen MR) is 130 cm³/mol. The van der Waals surface area contributed by atoms with Gasteiger partial charge >= 0.3 is 0 Å². The van der Waals surface area contributed by atoms with E-state index in [2.05, 4.69) is 5.32 Å².